The maximum absolute atomic E-state index is 12.9. The van der Waals surface area contributed by atoms with E-state index < -0.39 is 4.92 Å². The second kappa shape index (κ2) is 8.81. The lowest BCUT2D eigenvalue weighted by Crippen LogP contribution is -2.46. The normalized spacial score (nSPS) is 22.2. The minimum Gasteiger partial charge on any atom is -0.497 e. The minimum atomic E-state index is -0.436. The van der Waals surface area contributed by atoms with Crippen LogP contribution in [0, 0.1) is 22.0 Å². The van der Waals surface area contributed by atoms with Crippen molar-refractivity contribution in [1.82, 2.24) is 0 Å². The van der Waals surface area contributed by atoms with Gasteiger partial charge in [-0.15, -0.1) is 0 Å². The average molecular weight is 463 g/mol. The molecular weight excluding hydrogens is 436 g/mol. The number of carbonyl (C=O) groups is 2. The Morgan fingerprint density at radius 1 is 0.853 bits per heavy atom. The molecule has 9 heteroatoms. The first-order valence-corrected chi connectivity index (χ1v) is 11.4. The minimum absolute atomic E-state index is 0.0935. The molecule has 0 saturated carbocycles. The Bertz CT molecular complexity index is 1130. The summed E-state index contributed by atoms with van der Waals surface area (Å²) in [7, 11) is 1.63. The molecule has 0 aromatic heterocycles. The van der Waals surface area contributed by atoms with Crippen molar-refractivity contribution in [2.45, 2.75) is 12.8 Å². The van der Waals surface area contributed by atoms with Gasteiger partial charge in [0, 0.05) is 37.9 Å². The van der Waals surface area contributed by atoms with Gasteiger partial charge in [-0.2, -0.15) is 0 Å². The summed E-state index contributed by atoms with van der Waals surface area (Å²) in [5.74, 6) is -0.489. The lowest BCUT2D eigenvalue weighted by molar-refractivity contribution is -0.384. The number of anilines is 3. The van der Waals surface area contributed by atoms with E-state index in [0.717, 1.165) is 16.3 Å². The Morgan fingerprint density at radius 2 is 1.41 bits per heavy atom. The lowest BCUT2D eigenvalue weighted by atomic mass is 9.85. The molecular formula is C25H26N4O5. The van der Waals surface area contributed by atoms with Crippen molar-refractivity contribution in [2.24, 2.45) is 11.8 Å². The van der Waals surface area contributed by atoms with Gasteiger partial charge in [0.2, 0.25) is 11.8 Å². The average Bonchev–Trinajstić information content (AvgIpc) is 3.13. The Hall–Kier alpha value is -3.88. The quantitative estimate of drug-likeness (QED) is 0.291. The zero-order valence-corrected chi connectivity index (χ0v) is 18.9. The molecule has 0 bridgehead atoms. The molecule has 2 fully saturated rings. The van der Waals surface area contributed by atoms with E-state index >= 15 is 0 Å². The third-order valence-electron chi connectivity index (χ3n) is 6.98. The van der Waals surface area contributed by atoms with Gasteiger partial charge >= 0.3 is 0 Å². The van der Waals surface area contributed by atoms with Gasteiger partial charge in [0.1, 0.15) is 11.4 Å². The number of nitro groups is 1. The first kappa shape index (κ1) is 21.9. The van der Waals surface area contributed by atoms with E-state index in [1.165, 1.54) is 6.07 Å². The molecule has 2 atom stereocenters. The van der Waals surface area contributed by atoms with E-state index in [-0.39, 0.29) is 35.0 Å². The highest BCUT2D eigenvalue weighted by Gasteiger charge is 2.48. The molecule has 0 spiro atoms. The van der Waals surface area contributed by atoms with Crippen molar-refractivity contribution in [3.63, 3.8) is 0 Å². The number of fused-ring (bicyclic) bond motifs is 1. The smallest absolute Gasteiger partial charge is 0.294 e. The Kier molecular flexibility index (Phi) is 5.69. The summed E-state index contributed by atoms with van der Waals surface area (Å²) in [5, 5.41) is 12.0. The van der Waals surface area contributed by atoms with Crippen LogP contribution in [0.15, 0.2) is 54.6 Å². The molecule has 176 valence electrons. The van der Waals surface area contributed by atoms with Crippen molar-refractivity contribution < 1.29 is 19.2 Å². The second-order valence-electron chi connectivity index (χ2n) is 8.77. The maximum atomic E-state index is 12.9. The van der Waals surface area contributed by atoms with Gasteiger partial charge in [0.15, 0.2) is 0 Å². The molecule has 2 amide bonds. The highest BCUT2D eigenvalue weighted by atomic mass is 16.6. The number of nitrogens with zero attached hydrogens (tertiary/aromatic N) is 4. The Morgan fingerprint density at radius 3 is 1.97 bits per heavy atom. The summed E-state index contributed by atoms with van der Waals surface area (Å²) in [6.45, 7) is 2.66. The van der Waals surface area contributed by atoms with Crippen molar-refractivity contribution in [3.05, 3.63) is 64.7 Å². The van der Waals surface area contributed by atoms with Crippen molar-refractivity contribution >= 4 is 34.6 Å². The molecule has 3 aliphatic rings. The van der Waals surface area contributed by atoms with Gasteiger partial charge in [0.05, 0.1) is 29.6 Å². The molecule has 34 heavy (non-hydrogen) atoms. The summed E-state index contributed by atoms with van der Waals surface area (Å²) >= 11 is 0. The number of hydrogen-bond donors (Lipinski definition) is 0. The van der Waals surface area contributed by atoms with Crippen LogP contribution in [0.1, 0.15) is 12.8 Å². The number of amides is 2. The van der Waals surface area contributed by atoms with Crippen molar-refractivity contribution in [2.75, 3.05) is 48.0 Å². The van der Waals surface area contributed by atoms with Crippen molar-refractivity contribution in [3.8, 4) is 5.75 Å². The molecule has 5 rings (SSSR count). The van der Waals surface area contributed by atoms with Gasteiger partial charge in [0.25, 0.3) is 5.69 Å². The predicted molar refractivity (Wildman–Crippen MR) is 128 cm³/mol. The van der Waals surface area contributed by atoms with Crippen LogP contribution in [0.3, 0.4) is 0 Å². The summed E-state index contributed by atoms with van der Waals surface area (Å²) in [4.78, 5) is 42.7. The Labute approximate surface area is 197 Å². The van der Waals surface area contributed by atoms with Crippen LogP contribution in [0.2, 0.25) is 0 Å². The molecule has 2 heterocycles. The molecule has 2 aliphatic heterocycles. The molecule has 2 saturated heterocycles. The summed E-state index contributed by atoms with van der Waals surface area (Å²) in [6, 6.07) is 12.5. The monoisotopic (exact) mass is 462 g/mol. The number of hydrogen-bond acceptors (Lipinski definition) is 7. The van der Waals surface area contributed by atoms with E-state index in [2.05, 4.69) is 4.90 Å². The highest BCUT2D eigenvalue weighted by molar-refractivity contribution is 6.22. The first-order valence-electron chi connectivity index (χ1n) is 11.4. The van der Waals surface area contributed by atoms with Crippen LogP contribution < -0.4 is 19.4 Å². The summed E-state index contributed by atoms with van der Waals surface area (Å²) < 4.78 is 5.22. The number of methoxy groups -OCH3 is 1. The molecule has 0 N–H and O–H groups in total. The van der Waals surface area contributed by atoms with Gasteiger partial charge in [-0.25, -0.2) is 4.90 Å². The fourth-order valence-electron chi connectivity index (χ4n) is 5.12. The van der Waals surface area contributed by atoms with E-state index in [1.807, 2.05) is 41.3 Å². The molecule has 9 nitrogen and oxygen atoms in total. The van der Waals surface area contributed by atoms with Crippen LogP contribution in [0.4, 0.5) is 22.7 Å². The topological polar surface area (TPSA) is 96.2 Å². The van der Waals surface area contributed by atoms with E-state index in [0.29, 0.717) is 44.7 Å². The lowest BCUT2D eigenvalue weighted by Gasteiger charge is -2.37. The molecule has 2 unspecified atom stereocenters. The van der Waals surface area contributed by atoms with Crippen LogP contribution in [-0.2, 0) is 9.59 Å². The third kappa shape index (κ3) is 3.76. The SMILES string of the molecule is COc1ccc(N2CCN(c3ccc(N4C(=O)C5CC=CCC5C4=O)cc3[N+](=O)[O-])CC2)cc1. The standard InChI is InChI=1S/C25H26N4O5/c1-34-19-9-6-17(7-10-19)26-12-14-27(15-13-26)22-11-8-18(16-23(22)29(32)33)28-24(30)20-4-2-3-5-21(20)25(28)31/h2-3,6-11,16,20-21H,4-5,12-15H2,1H3. The van der Waals surface area contributed by atoms with Gasteiger partial charge in [-0.3, -0.25) is 19.7 Å². The first-order chi connectivity index (χ1) is 16.5. The van der Waals surface area contributed by atoms with E-state index in [9.17, 15) is 19.7 Å². The summed E-state index contributed by atoms with van der Waals surface area (Å²) in [5.41, 5.74) is 1.76. The predicted octanol–water partition coefficient (Wildman–Crippen LogP) is 3.39. The number of carbonyl (C=O) groups excluding carboxylic acids is 2. The maximum Gasteiger partial charge on any atom is 0.294 e. The number of piperazine rings is 1. The number of nitro benzene ring substituents is 1. The fourth-order valence-corrected chi connectivity index (χ4v) is 5.12. The second-order valence-corrected chi connectivity index (χ2v) is 8.77. The van der Waals surface area contributed by atoms with Crippen LogP contribution in [0.5, 0.6) is 5.75 Å². The highest BCUT2D eigenvalue weighted by Crippen LogP contribution is 2.40. The third-order valence-corrected chi connectivity index (χ3v) is 6.98. The summed E-state index contributed by atoms with van der Waals surface area (Å²) in [6.07, 6.45) is 4.91. The number of benzene rings is 2. The van der Waals surface area contributed by atoms with E-state index in [1.54, 1.807) is 19.2 Å². The molecule has 1 aliphatic carbocycles. The van der Waals surface area contributed by atoms with Crippen LogP contribution in [0.25, 0.3) is 0 Å². The molecule has 0 radical (unpaired) electrons. The number of ether oxygens (including phenoxy) is 1. The van der Waals surface area contributed by atoms with Crippen LogP contribution >= 0.6 is 0 Å². The van der Waals surface area contributed by atoms with Crippen molar-refractivity contribution in [1.29, 1.82) is 0 Å². The largest absolute Gasteiger partial charge is 0.497 e. The van der Waals surface area contributed by atoms with Gasteiger partial charge in [-0.1, -0.05) is 12.2 Å². The number of allylic oxidation sites excluding steroid dienone is 2. The number of rotatable bonds is 5. The van der Waals surface area contributed by atoms with E-state index in [4.69, 9.17) is 4.74 Å². The van der Waals surface area contributed by atoms with Gasteiger partial charge in [-0.05, 0) is 49.2 Å². The Balaban J connectivity index is 1.35. The molecule has 2 aromatic carbocycles. The number of imide groups is 1. The zero-order valence-electron chi connectivity index (χ0n) is 18.9. The van der Waals surface area contributed by atoms with Gasteiger partial charge < -0.3 is 14.5 Å². The van der Waals surface area contributed by atoms with Crippen LogP contribution in [-0.4, -0.2) is 50.0 Å². The zero-order chi connectivity index (χ0) is 23.8. The fraction of sp³-hybridized carbons (Fsp3) is 0.360. The molecule has 2 aromatic rings.